The molecule has 0 bridgehead atoms. The Hall–Kier alpha value is -1.95. The molecule has 0 radical (unpaired) electrons. The molecule has 0 saturated carbocycles. The number of hydrogen-bond acceptors (Lipinski definition) is 5. The van der Waals surface area contributed by atoms with Crippen molar-refractivity contribution in [2.75, 3.05) is 32.0 Å². The van der Waals surface area contributed by atoms with Crippen LogP contribution in [0.15, 0.2) is 24.4 Å². The van der Waals surface area contributed by atoms with E-state index in [1.165, 1.54) is 19.4 Å². The van der Waals surface area contributed by atoms with Gasteiger partial charge >= 0.3 is 0 Å². The molecular weight excluding hydrogens is 264 g/mol. The molecule has 6 nitrogen and oxygen atoms in total. The molecule has 2 aromatic heterocycles. The molecule has 1 unspecified atom stereocenters. The van der Waals surface area contributed by atoms with Crippen LogP contribution in [-0.4, -0.2) is 51.6 Å². The third kappa shape index (κ3) is 3.58. The van der Waals surface area contributed by atoms with E-state index in [0.29, 0.717) is 5.92 Å². The molecule has 6 heteroatoms. The quantitative estimate of drug-likeness (QED) is 0.927. The molecule has 1 N–H and O–H groups in total. The van der Waals surface area contributed by atoms with Gasteiger partial charge in [-0.3, -0.25) is 0 Å². The van der Waals surface area contributed by atoms with Gasteiger partial charge in [0.25, 0.3) is 0 Å². The number of anilines is 1. The van der Waals surface area contributed by atoms with Crippen LogP contribution in [0.5, 0.6) is 0 Å². The minimum Gasteiger partial charge on any atom is -0.368 e. The minimum atomic E-state index is 0.694. The summed E-state index contributed by atoms with van der Waals surface area (Å²) in [6.45, 7) is 5.29. The molecule has 0 spiro atoms. The van der Waals surface area contributed by atoms with E-state index in [1.807, 2.05) is 31.3 Å². The molecule has 3 heterocycles. The Kier molecular flexibility index (Phi) is 4.15. The van der Waals surface area contributed by atoms with E-state index in [0.717, 1.165) is 30.4 Å². The number of nitrogens with zero attached hydrogens (tertiary/aromatic N) is 5. The van der Waals surface area contributed by atoms with Crippen LogP contribution in [-0.2, 0) is 0 Å². The van der Waals surface area contributed by atoms with Crippen molar-refractivity contribution in [3.63, 3.8) is 0 Å². The first-order valence-electron chi connectivity index (χ1n) is 7.49. The summed E-state index contributed by atoms with van der Waals surface area (Å²) in [6, 6.07) is 5.86. The molecule has 0 aliphatic carbocycles. The predicted octanol–water partition coefficient (Wildman–Crippen LogP) is 1.72. The Labute approximate surface area is 125 Å². The van der Waals surface area contributed by atoms with Crippen LogP contribution in [0.2, 0.25) is 0 Å². The summed E-state index contributed by atoms with van der Waals surface area (Å²) in [4.78, 5) is 2.39. The zero-order valence-electron chi connectivity index (χ0n) is 12.7. The maximum atomic E-state index is 4.33. The molecule has 1 atom stereocenters. The lowest BCUT2D eigenvalue weighted by molar-refractivity contribution is 0.217. The van der Waals surface area contributed by atoms with Gasteiger partial charge in [-0.05, 0) is 57.5 Å². The lowest BCUT2D eigenvalue weighted by Gasteiger charge is -2.29. The highest BCUT2D eigenvalue weighted by molar-refractivity contribution is 5.36. The van der Waals surface area contributed by atoms with Gasteiger partial charge in [0, 0.05) is 19.3 Å². The Balaban J connectivity index is 1.57. The molecule has 1 aliphatic rings. The van der Waals surface area contributed by atoms with Crippen molar-refractivity contribution in [2.45, 2.75) is 19.8 Å². The van der Waals surface area contributed by atoms with E-state index >= 15 is 0 Å². The fourth-order valence-electron chi connectivity index (χ4n) is 2.77. The topological polar surface area (TPSA) is 58.9 Å². The molecule has 0 aromatic carbocycles. The Morgan fingerprint density at radius 3 is 2.86 bits per heavy atom. The average molecular weight is 286 g/mol. The van der Waals surface area contributed by atoms with Crippen molar-refractivity contribution in [2.24, 2.45) is 5.92 Å². The lowest BCUT2D eigenvalue weighted by atomic mass is 9.98. The Morgan fingerprint density at radius 2 is 2.19 bits per heavy atom. The van der Waals surface area contributed by atoms with E-state index < -0.39 is 0 Å². The van der Waals surface area contributed by atoms with Crippen molar-refractivity contribution in [1.82, 2.24) is 24.9 Å². The SMILES string of the molecule is Cc1ccn(-c2ccc(NCC3CCCN(C)C3)nn2)n1. The molecule has 2 aromatic rings. The van der Waals surface area contributed by atoms with Crippen LogP contribution in [0.1, 0.15) is 18.5 Å². The number of nitrogens with one attached hydrogen (secondary N) is 1. The van der Waals surface area contributed by atoms with Gasteiger partial charge in [0.1, 0.15) is 5.82 Å². The standard InChI is InChI=1S/C15H22N6/c1-12-7-9-21(19-12)15-6-5-14(17-18-15)16-10-13-4-3-8-20(2)11-13/h5-7,9,13H,3-4,8,10-11H2,1-2H3,(H,16,17). The van der Waals surface area contributed by atoms with Gasteiger partial charge in [0.15, 0.2) is 5.82 Å². The summed E-state index contributed by atoms with van der Waals surface area (Å²) in [7, 11) is 2.19. The monoisotopic (exact) mass is 286 g/mol. The highest BCUT2D eigenvalue weighted by atomic mass is 15.3. The van der Waals surface area contributed by atoms with Crippen molar-refractivity contribution >= 4 is 5.82 Å². The van der Waals surface area contributed by atoms with Crippen LogP contribution in [0.25, 0.3) is 5.82 Å². The third-order valence-corrected chi connectivity index (χ3v) is 3.90. The van der Waals surface area contributed by atoms with E-state index in [4.69, 9.17) is 0 Å². The normalized spacial score (nSPS) is 19.6. The number of likely N-dealkylation sites (tertiary alicyclic amines) is 1. The molecule has 0 amide bonds. The summed E-state index contributed by atoms with van der Waals surface area (Å²) < 4.78 is 1.74. The van der Waals surface area contributed by atoms with Gasteiger partial charge in [0.2, 0.25) is 0 Å². The summed E-state index contributed by atoms with van der Waals surface area (Å²) in [5.74, 6) is 2.26. The van der Waals surface area contributed by atoms with Gasteiger partial charge in [-0.1, -0.05) is 0 Å². The lowest BCUT2D eigenvalue weighted by Crippen LogP contribution is -2.35. The molecule has 112 valence electrons. The molecule has 1 aliphatic heterocycles. The molecule has 21 heavy (non-hydrogen) atoms. The van der Waals surface area contributed by atoms with E-state index in [9.17, 15) is 0 Å². The Morgan fingerprint density at radius 1 is 1.29 bits per heavy atom. The first-order valence-corrected chi connectivity index (χ1v) is 7.49. The number of aryl methyl sites for hydroxylation is 1. The van der Waals surface area contributed by atoms with E-state index in [2.05, 4.69) is 32.6 Å². The number of aromatic nitrogens is 4. The molecule has 1 saturated heterocycles. The fraction of sp³-hybridized carbons (Fsp3) is 0.533. The van der Waals surface area contributed by atoms with Crippen LogP contribution in [0.4, 0.5) is 5.82 Å². The van der Waals surface area contributed by atoms with Gasteiger partial charge in [-0.15, -0.1) is 10.2 Å². The Bertz CT molecular complexity index is 576. The fourth-order valence-corrected chi connectivity index (χ4v) is 2.77. The number of piperidine rings is 1. The van der Waals surface area contributed by atoms with Crippen LogP contribution < -0.4 is 5.32 Å². The summed E-state index contributed by atoms with van der Waals surface area (Å²) in [5.41, 5.74) is 0.973. The summed E-state index contributed by atoms with van der Waals surface area (Å²) >= 11 is 0. The van der Waals surface area contributed by atoms with Crippen LogP contribution in [0.3, 0.4) is 0 Å². The second-order valence-electron chi connectivity index (χ2n) is 5.83. The van der Waals surface area contributed by atoms with Crippen molar-refractivity contribution < 1.29 is 0 Å². The maximum absolute atomic E-state index is 4.33. The number of rotatable bonds is 4. The minimum absolute atomic E-state index is 0.694. The zero-order chi connectivity index (χ0) is 14.7. The zero-order valence-corrected chi connectivity index (χ0v) is 12.7. The third-order valence-electron chi connectivity index (χ3n) is 3.90. The van der Waals surface area contributed by atoms with Gasteiger partial charge < -0.3 is 10.2 Å². The summed E-state index contributed by atoms with van der Waals surface area (Å²) in [5, 5.41) is 16.2. The average Bonchev–Trinajstić information content (AvgIpc) is 2.92. The van der Waals surface area contributed by atoms with Crippen molar-refractivity contribution in [3.05, 3.63) is 30.1 Å². The predicted molar refractivity (Wildman–Crippen MR) is 82.6 cm³/mol. The summed E-state index contributed by atoms with van der Waals surface area (Å²) in [6.07, 6.45) is 4.46. The molecule has 1 fully saturated rings. The smallest absolute Gasteiger partial charge is 0.175 e. The van der Waals surface area contributed by atoms with Crippen molar-refractivity contribution in [1.29, 1.82) is 0 Å². The van der Waals surface area contributed by atoms with Gasteiger partial charge in [-0.25, -0.2) is 4.68 Å². The second-order valence-corrected chi connectivity index (χ2v) is 5.83. The maximum Gasteiger partial charge on any atom is 0.175 e. The van der Waals surface area contributed by atoms with E-state index in [1.54, 1.807) is 4.68 Å². The van der Waals surface area contributed by atoms with Crippen LogP contribution >= 0.6 is 0 Å². The highest BCUT2D eigenvalue weighted by Crippen LogP contribution is 2.15. The van der Waals surface area contributed by atoms with E-state index in [-0.39, 0.29) is 0 Å². The first-order chi connectivity index (χ1) is 10.2. The second kappa shape index (κ2) is 6.22. The van der Waals surface area contributed by atoms with Crippen LogP contribution in [0, 0.1) is 12.8 Å². The number of hydrogen-bond donors (Lipinski definition) is 1. The highest BCUT2D eigenvalue weighted by Gasteiger charge is 2.16. The molecule has 3 rings (SSSR count). The largest absolute Gasteiger partial charge is 0.368 e. The first kappa shape index (κ1) is 14.0. The van der Waals surface area contributed by atoms with Gasteiger partial charge in [0.05, 0.1) is 5.69 Å². The van der Waals surface area contributed by atoms with Gasteiger partial charge in [-0.2, -0.15) is 5.10 Å². The van der Waals surface area contributed by atoms with Crippen molar-refractivity contribution in [3.8, 4) is 5.82 Å². The molecular formula is C15H22N6.